The van der Waals surface area contributed by atoms with Crippen LogP contribution in [0.5, 0.6) is 0 Å². The van der Waals surface area contributed by atoms with Gasteiger partial charge >= 0.3 is 0 Å². The Morgan fingerprint density at radius 3 is 3.09 bits per heavy atom. The van der Waals surface area contributed by atoms with Crippen molar-refractivity contribution in [1.82, 2.24) is 19.7 Å². The van der Waals surface area contributed by atoms with E-state index in [0.717, 1.165) is 25.2 Å². The Balaban J connectivity index is 1.82. The number of nitro groups is 1. The Kier molecular flexibility index (Phi) is 4.20. The molecule has 1 N–H and O–H groups in total. The van der Waals surface area contributed by atoms with Crippen LogP contribution in [0.4, 0.5) is 11.5 Å². The summed E-state index contributed by atoms with van der Waals surface area (Å²) in [6.07, 6.45) is 3.16. The van der Waals surface area contributed by atoms with E-state index >= 15 is 0 Å². The third-order valence-electron chi connectivity index (χ3n) is 3.79. The molecule has 0 aliphatic carbocycles. The molecule has 1 aliphatic rings. The summed E-state index contributed by atoms with van der Waals surface area (Å²) in [5.41, 5.74) is 0.592. The van der Waals surface area contributed by atoms with Crippen molar-refractivity contribution in [2.45, 2.75) is 39.0 Å². The summed E-state index contributed by atoms with van der Waals surface area (Å²) in [4.78, 5) is 19.1. The lowest BCUT2D eigenvalue weighted by Gasteiger charge is -2.23. The molecule has 1 unspecified atom stereocenters. The molecule has 0 aromatic carbocycles. The van der Waals surface area contributed by atoms with Gasteiger partial charge in [0.25, 0.3) is 5.69 Å². The van der Waals surface area contributed by atoms with Gasteiger partial charge in [-0.1, -0.05) is 0 Å². The number of nitrogens with zero attached hydrogens (tertiary/aromatic N) is 5. The standard InChI is InChI=1S/C14H18N6O3/c1-9-6-12(15-7-11(9)20(21)22)16-10-4-3-5-19-14(10)17-13(18-19)8-23-2/h6-7,10H,3-5,8H2,1-2H3,(H,15,16). The Labute approximate surface area is 132 Å². The minimum atomic E-state index is -0.430. The highest BCUT2D eigenvalue weighted by atomic mass is 16.6. The second kappa shape index (κ2) is 6.29. The van der Waals surface area contributed by atoms with Gasteiger partial charge in [0.05, 0.1) is 11.0 Å². The average Bonchev–Trinajstić information content (AvgIpc) is 2.91. The fourth-order valence-electron chi connectivity index (χ4n) is 2.72. The molecule has 0 saturated heterocycles. The summed E-state index contributed by atoms with van der Waals surface area (Å²) in [7, 11) is 1.61. The van der Waals surface area contributed by atoms with Crippen LogP contribution in [0.2, 0.25) is 0 Å². The topological polar surface area (TPSA) is 108 Å². The van der Waals surface area contributed by atoms with E-state index in [-0.39, 0.29) is 11.7 Å². The molecule has 0 saturated carbocycles. The van der Waals surface area contributed by atoms with Crippen LogP contribution >= 0.6 is 0 Å². The van der Waals surface area contributed by atoms with Crippen molar-refractivity contribution in [2.75, 3.05) is 12.4 Å². The zero-order valence-electron chi connectivity index (χ0n) is 13.0. The van der Waals surface area contributed by atoms with Crippen molar-refractivity contribution >= 4 is 11.5 Å². The van der Waals surface area contributed by atoms with E-state index in [1.165, 1.54) is 6.20 Å². The van der Waals surface area contributed by atoms with E-state index in [2.05, 4.69) is 20.4 Å². The molecule has 0 spiro atoms. The smallest absolute Gasteiger partial charge is 0.290 e. The van der Waals surface area contributed by atoms with E-state index in [1.807, 2.05) is 4.68 Å². The average molecular weight is 318 g/mol. The summed E-state index contributed by atoms with van der Waals surface area (Å²) < 4.78 is 6.96. The van der Waals surface area contributed by atoms with Gasteiger partial charge in [0, 0.05) is 19.2 Å². The first-order chi connectivity index (χ1) is 11.1. The van der Waals surface area contributed by atoms with Crippen LogP contribution < -0.4 is 5.32 Å². The molecular formula is C14H18N6O3. The lowest BCUT2D eigenvalue weighted by Crippen LogP contribution is -2.23. The summed E-state index contributed by atoms with van der Waals surface area (Å²) in [6, 6.07) is 1.67. The molecule has 9 heteroatoms. The molecule has 3 rings (SSSR count). The van der Waals surface area contributed by atoms with Gasteiger partial charge in [-0.3, -0.25) is 10.1 Å². The maximum Gasteiger partial charge on any atom is 0.290 e. The largest absolute Gasteiger partial charge is 0.377 e. The van der Waals surface area contributed by atoms with Crippen LogP contribution in [-0.4, -0.2) is 31.8 Å². The van der Waals surface area contributed by atoms with E-state index in [9.17, 15) is 10.1 Å². The fourth-order valence-corrected chi connectivity index (χ4v) is 2.72. The Bertz CT molecular complexity index is 729. The molecule has 0 bridgehead atoms. The second-order valence-corrected chi connectivity index (χ2v) is 5.49. The maximum absolute atomic E-state index is 10.9. The van der Waals surface area contributed by atoms with Crippen molar-refractivity contribution in [3.8, 4) is 0 Å². The SMILES string of the molecule is COCc1nc2n(n1)CCCC2Nc1cc(C)c([N+](=O)[O-])cn1. The number of hydrogen-bond donors (Lipinski definition) is 1. The quantitative estimate of drug-likeness (QED) is 0.663. The Hall–Kier alpha value is -2.55. The Morgan fingerprint density at radius 2 is 2.39 bits per heavy atom. The number of rotatable bonds is 5. The third-order valence-corrected chi connectivity index (χ3v) is 3.79. The van der Waals surface area contributed by atoms with Gasteiger partial charge in [0.1, 0.15) is 24.4 Å². The number of fused-ring (bicyclic) bond motifs is 1. The molecule has 23 heavy (non-hydrogen) atoms. The van der Waals surface area contributed by atoms with E-state index < -0.39 is 4.92 Å². The van der Waals surface area contributed by atoms with Gasteiger partial charge in [-0.25, -0.2) is 14.6 Å². The van der Waals surface area contributed by atoms with Crippen LogP contribution in [0.1, 0.15) is 36.1 Å². The van der Waals surface area contributed by atoms with Crippen molar-refractivity contribution in [1.29, 1.82) is 0 Å². The summed E-state index contributed by atoms with van der Waals surface area (Å²) in [5, 5.41) is 18.6. The highest BCUT2D eigenvalue weighted by Crippen LogP contribution is 2.28. The lowest BCUT2D eigenvalue weighted by molar-refractivity contribution is -0.385. The number of aryl methyl sites for hydroxylation is 2. The van der Waals surface area contributed by atoms with Crippen molar-refractivity contribution in [3.63, 3.8) is 0 Å². The molecule has 0 fully saturated rings. The van der Waals surface area contributed by atoms with E-state index in [1.54, 1.807) is 20.1 Å². The predicted octanol–water partition coefficient (Wildman–Crippen LogP) is 1.98. The lowest BCUT2D eigenvalue weighted by atomic mass is 10.1. The number of nitrogens with one attached hydrogen (secondary N) is 1. The van der Waals surface area contributed by atoms with Gasteiger partial charge in [0.2, 0.25) is 0 Å². The van der Waals surface area contributed by atoms with Crippen LogP contribution in [0.3, 0.4) is 0 Å². The second-order valence-electron chi connectivity index (χ2n) is 5.49. The molecule has 0 radical (unpaired) electrons. The molecule has 2 aromatic rings. The monoisotopic (exact) mass is 318 g/mol. The first-order valence-corrected chi connectivity index (χ1v) is 7.38. The van der Waals surface area contributed by atoms with Crippen molar-refractivity contribution in [2.24, 2.45) is 0 Å². The minimum Gasteiger partial charge on any atom is -0.377 e. The Morgan fingerprint density at radius 1 is 1.57 bits per heavy atom. The van der Waals surface area contributed by atoms with Crippen molar-refractivity contribution < 1.29 is 9.66 Å². The molecule has 9 nitrogen and oxygen atoms in total. The molecule has 0 amide bonds. The summed E-state index contributed by atoms with van der Waals surface area (Å²) >= 11 is 0. The highest BCUT2D eigenvalue weighted by Gasteiger charge is 2.25. The van der Waals surface area contributed by atoms with Crippen molar-refractivity contribution in [3.05, 3.63) is 39.6 Å². The molecular weight excluding hydrogens is 300 g/mol. The van der Waals surface area contributed by atoms with Gasteiger partial charge < -0.3 is 10.1 Å². The zero-order valence-corrected chi connectivity index (χ0v) is 13.0. The third kappa shape index (κ3) is 3.14. The zero-order chi connectivity index (χ0) is 16.4. The number of pyridine rings is 1. The molecule has 1 atom stereocenters. The van der Waals surface area contributed by atoms with E-state index in [0.29, 0.717) is 23.8 Å². The van der Waals surface area contributed by atoms with Crippen LogP contribution in [0.25, 0.3) is 0 Å². The normalized spacial score (nSPS) is 16.9. The number of ether oxygens (including phenoxy) is 1. The van der Waals surface area contributed by atoms with Crippen LogP contribution in [0.15, 0.2) is 12.3 Å². The molecule has 122 valence electrons. The van der Waals surface area contributed by atoms with Crippen LogP contribution in [-0.2, 0) is 17.9 Å². The molecule has 1 aliphatic heterocycles. The first-order valence-electron chi connectivity index (χ1n) is 7.38. The number of methoxy groups -OCH3 is 1. The molecule has 2 aromatic heterocycles. The summed E-state index contributed by atoms with van der Waals surface area (Å²) in [5.74, 6) is 2.10. The van der Waals surface area contributed by atoms with Gasteiger partial charge in [-0.05, 0) is 25.8 Å². The number of hydrogen-bond acceptors (Lipinski definition) is 7. The minimum absolute atomic E-state index is 0.0183. The number of anilines is 1. The molecule has 3 heterocycles. The highest BCUT2D eigenvalue weighted by molar-refractivity contribution is 5.47. The maximum atomic E-state index is 10.9. The van der Waals surface area contributed by atoms with E-state index in [4.69, 9.17) is 4.74 Å². The summed E-state index contributed by atoms with van der Waals surface area (Å²) in [6.45, 7) is 2.91. The van der Waals surface area contributed by atoms with Crippen LogP contribution in [0, 0.1) is 17.0 Å². The first kappa shape index (κ1) is 15.3. The fraction of sp³-hybridized carbons (Fsp3) is 0.500. The van der Waals surface area contributed by atoms with Gasteiger partial charge in [-0.2, -0.15) is 5.10 Å². The van der Waals surface area contributed by atoms with Gasteiger partial charge in [-0.15, -0.1) is 0 Å². The predicted molar refractivity (Wildman–Crippen MR) is 82.0 cm³/mol. The van der Waals surface area contributed by atoms with Gasteiger partial charge in [0.15, 0.2) is 5.82 Å². The number of aromatic nitrogens is 4.